The normalized spacial score (nSPS) is 12.8. The first-order valence-electron chi connectivity index (χ1n) is 6.83. The van der Waals surface area contributed by atoms with Gasteiger partial charge in [0.05, 0.1) is 18.5 Å². The van der Waals surface area contributed by atoms with Crippen molar-refractivity contribution in [3.63, 3.8) is 0 Å². The number of ether oxygens (including phenoxy) is 3. The van der Waals surface area contributed by atoms with Crippen LogP contribution in [0.2, 0.25) is 0 Å². The number of para-hydroxylation sites is 1. The molecule has 0 saturated carbocycles. The van der Waals surface area contributed by atoms with Crippen LogP contribution in [0.1, 0.15) is 5.56 Å². The Hall–Kier alpha value is -2.56. The molecule has 110 valence electrons. The van der Waals surface area contributed by atoms with E-state index in [0.717, 1.165) is 22.7 Å². The van der Waals surface area contributed by atoms with Crippen LogP contribution in [0.3, 0.4) is 0 Å². The van der Waals surface area contributed by atoms with E-state index in [4.69, 9.17) is 19.9 Å². The van der Waals surface area contributed by atoms with Gasteiger partial charge in [-0.3, -0.25) is 0 Å². The summed E-state index contributed by atoms with van der Waals surface area (Å²) in [5, 5.41) is 3.31. The number of hydrogen-bond acceptors (Lipinski definition) is 5. The zero-order chi connectivity index (χ0) is 14.7. The molecule has 5 nitrogen and oxygen atoms in total. The fourth-order valence-corrected chi connectivity index (χ4v) is 2.30. The molecule has 0 aromatic heterocycles. The van der Waals surface area contributed by atoms with Crippen molar-refractivity contribution in [3.05, 3.63) is 42.0 Å². The van der Waals surface area contributed by atoms with Crippen molar-refractivity contribution >= 4 is 11.4 Å². The van der Waals surface area contributed by atoms with Crippen molar-refractivity contribution in [1.82, 2.24) is 0 Å². The second kappa shape index (κ2) is 5.83. The van der Waals surface area contributed by atoms with Crippen LogP contribution >= 0.6 is 0 Å². The number of nitrogens with two attached hydrogens (primary N) is 1. The largest absolute Gasteiger partial charge is 0.496 e. The maximum Gasteiger partial charge on any atom is 0.163 e. The predicted octanol–water partition coefficient (Wildman–Crippen LogP) is 2.66. The third-order valence-corrected chi connectivity index (χ3v) is 3.38. The molecule has 0 radical (unpaired) electrons. The Balaban J connectivity index is 1.79. The Bertz CT molecular complexity index is 643. The van der Waals surface area contributed by atoms with E-state index in [1.807, 2.05) is 30.3 Å². The molecule has 21 heavy (non-hydrogen) atoms. The molecule has 1 aliphatic heterocycles. The maximum atomic E-state index is 6.05. The molecule has 3 rings (SSSR count). The summed E-state index contributed by atoms with van der Waals surface area (Å²) in [5.74, 6) is 2.26. The molecule has 1 heterocycles. The van der Waals surface area contributed by atoms with E-state index in [9.17, 15) is 0 Å². The molecule has 0 spiro atoms. The van der Waals surface area contributed by atoms with Gasteiger partial charge >= 0.3 is 0 Å². The van der Waals surface area contributed by atoms with Gasteiger partial charge in [-0.1, -0.05) is 18.2 Å². The molecule has 0 unspecified atom stereocenters. The van der Waals surface area contributed by atoms with E-state index >= 15 is 0 Å². The quantitative estimate of drug-likeness (QED) is 0.846. The van der Waals surface area contributed by atoms with Gasteiger partial charge in [0, 0.05) is 24.2 Å². The summed E-state index contributed by atoms with van der Waals surface area (Å²) < 4.78 is 16.4. The molecule has 0 amide bonds. The monoisotopic (exact) mass is 286 g/mol. The fraction of sp³-hybridized carbons (Fsp3) is 0.250. The zero-order valence-electron chi connectivity index (χ0n) is 11.9. The first kappa shape index (κ1) is 13.4. The lowest BCUT2D eigenvalue weighted by Gasteiger charge is -2.20. The van der Waals surface area contributed by atoms with Crippen LogP contribution in [-0.4, -0.2) is 20.3 Å². The third-order valence-electron chi connectivity index (χ3n) is 3.38. The van der Waals surface area contributed by atoms with Crippen LogP contribution in [-0.2, 0) is 6.54 Å². The highest BCUT2D eigenvalue weighted by molar-refractivity contribution is 5.72. The SMILES string of the molecule is COc1ccccc1CNc1cc2c(cc1N)OCCO2. The molecule has 2 aromatic carbocycles. The van der Waals surface area contributed by atoms with Gasteiger partial charge in [-0.25, -0.2) is 0 Å². The number of methoxy groups -OCH3 is 1. The smallest absolute Gasteiger partial charge is 0.163 e. The van der Waals surface area contributed by atoms with E-state index in [1.54, 1.807) is 13.2 Å². The number of nitrogen functional groups attached to an aromatic ring is 1. The van der Waals surface area contributed by atoms with Gasteiger partial charge in [-0.15, -0.1) is 0 Å². The van der Waals surface area contributed by atoms with Crippen LogP contribution in [0, 0.1) is 0 Å². The van der Waals surface area contributed by atoms with Crippen LogP contribution in [0.4, 0.5) is 11.4 Å². The first-order valence-corrected chi connectivity index (χ1v) is 6.83. The molecule has 1 aliphatic rings. The van der Waals surface area contributed by atoms with Crippen molar-refractivity contribution < 1.29 is 14.2 Å². The topological polar surface area (TPSA) is 65.7 Å². The number of benzene rings is 2. The minimum atomic E-state index is 0.556. The molecule has 0 atom stereocenters. The van der Waals surface area contributed by atoms with Crippen molar-refractivity contribution in [2.75, 3.05) is 31.4 Å². The fourth-order valence-electron chi connectivity index (χ4n) is 2.30. The summed E-state index contributed by atoms with van der Waals surface area (Å²) in [6.45, 7) is 1.73. The van der Waals surface area contributed by atoms with E-state index in [1.165, 1.54) is 0 Å². The van der Waals surface area contributed by atoms with Crippen molar-refractivity contribution in [2.24, 2.45) is 0 Å². The molecular weight excluding hydrogens is 268 g/mol. The second-order valence-corrected chi connectivity index (χ2v) is 4.75. The highest BCUT2D eigenvalue weighted by Gasteiger charge is 2.14. The van der Waals surface area contributed by atoms with E-state index in [-0.39, 0.29) is 0 Å². The highest BCUT2D eigenvalue weighted by atomic mass is 16.6. The van der Waals surface area contributed by atoms with Gasteiger partial charge < -0.3 is 25.3 Å². The lowest BCUT2D eigenvalue weighted by atomic mass is 10.2. The molecule has 0 fully saturated rings. The number of rotatable bonds is 4. The van der Waals surface area contributed by atoms with Crippen molar-refractivity contribution in [3.8, 4) is 17.2 Å². The van der Waals surface area contributed by atoms with Gasteiger partial charge in [0.15, 0.2) is 11.5 Å². The molecule has 2 aromatic rings. The summed E-state index contributed by atoms with van der Waals surface area (Å²) >= 11 is 0. The van der Waals surface area contributed by atoms with Crippen molar-refractivity contribution in [1.29, 1.82) is 0 Å². The van der Waals surface area contributed by atoms with Crippen LogP contribution in [0.25, 0.3) is 0 Å². The number of hydrogen-bond donors (Lipinski definition) is 2. The molecule has 5 heteroatoms. The molecule has 0 saturated heterocycles. The predicted molar refractivity (Wildman–Crippen MR) is 82.2 cm³/mol. The number of fused-ring (bicyclic) bond motifs is 1. The lowest BCUT2D eigenvalue weighted by Crippen LogP contribution is -2.16. The minimum Gasteiger partial charge on any atom is -0.496 e. The average Bonchev–Trinajstić information content (AvgIpc) is 2.53. The van der Waals surface area contributed by atoms with Crippen LogP contribution in [0.5, 0.6) is 17.2 Å². The minimum absolute atomic E-state index is 0.556. The van der Waals surface area contributed by atoms with Gasteiger partial charge in [-0.05, 0) is 6.07 Å². The van der Waals surface area contributed by atoms with Crippen molar-refractivity contribution in [2.45, 2.75) is 6.54 Å². The zero-order valence-corrected chi connectivity index (χ0v) is 11.9. The molecule has 3 N–H and O–H groups in total. The molecule has 0 bridgehead atoms. The molecule has 0 aliphatic carbocycles. The Kier molecular flexibility index (Phi) is 3.73. The summed E-state index contributed by atoms with van der Waals surface area (Å²) in [6.07, 6.45) is 0. The van der Waals surface area contributed by atoms with E-state index < -0.39 is 0 Å². The van der Waals surface area contributed by atoms with Gasteiger partial charge in [0.25, 0.3) is 0 Å². The highest BCUT2D eigenvalue weighted by Crippen LogP contribution is 2.37. The Morgan fingerprint density at radius 1 is 1.14 bits per heavy atom. The lowest BCUT2D eigenvalue weighted by molar-refractivity contribution is 0.172. The summed E-state index contributed by atoms with van der Waals surface area (Å²) in [5.41, 5.74) is 8.57. The summed E-state index contributed by atoms with van der Waals surface area (Å²) in [4.78, 5) is 0. The van der Waals surface area contributed by atoms with Crippen LogP contribution < -0.4 is 25.3 Å². The number of anilines is 2. The number of nitrogens with one attached hydrogen (secondary N) is 1. The van der Waals surface area contributed by atoms with Gasteiger partial charge in [-0.2, -0.15) is 0 Å². The van der Waals surface area contributed by atoms with Gasteiger partial charge in [0.2, 0.25) is 0 Å². The Morgan fingerprint density at radius 2 is 1.86 bits per heavy atom. The van der Waals surface area contributed by atoms with Crippen LogP contribution in [0.15, 0.2) is 36.4 Å². The average molecular weight is 286 g/mol. The summed E-state index contributed by atoms with van der Waals surface area (Å²) in [7, 11) is 1.66. The second-order valence-electron chi connectivity index (χ2n) is 4.75. The molecular formula is C16H18N2O3. The standard InChI is InChI=1S/C16H18N2O3/c1-19-14-5-3-2-4-11(14)10-18-13-9-16-15(8-12(13)17)20-6-7-21-16/h2-5,8-9,18H,6-7,10,17H2,1H3. The Labute approximate surface area is 123 Å². The Morgan fingerprint density at radius 3 is 2.62 bits per heavy atom. The third kappa shape index (κ3) is 2.81. The maximum absolute atomic E-state index is 6.05. The summed E-state index contributed by atoms with van der Waals surface area (Å²) in [6, 6.07) is 11.5. The van der Waals surface area contributed by atoms with Gasteiger partial charge in [0.1, 0.15) is 19.0 Å². The van der Waals surface area contributed by atoms with E-state index in [0.29, 0.717) is 31.2 Å². The van der Waals surface area contributed by atoms with E-state index in [2.05, 4.69) is 5.32 Å². The first-order chi connectivity index (χ1) is 10.3.